The molecule has 1 amide bonds. The molecule has 1 aromatic rings. The Morgan fingerprint density at radius 3 is 2.54 bits per heavy atom. The number of hydrogen-bond donors (Lipinski definition) is 1. The Kier molecular flexibility index (Phi) is 6.01. The summed E-state index contributed by atoms with van der Waals surface area (Å²) in [5.74, 6) is 0.706. The third-order valence-electron chi connectivity index (χ3n) is 4.83. The first-order chi connectivity index (χ1) is 11.1. The summed E-state index contributed by atoms with van der Waals surface area (Å²) >= 11 is 0. The number of nitrogens with zero attached hydrogens (tertiary/aromatic N) is 3. The van der Waals surface area contributed by atoms with Crippen LogP contribution in [-0.2, 0) is 4.79 Å². The molecule has 1 aromatic carbocycles. The largest absolute Gasteiger partial charge is 0.368 e. The highest BCUT2D eigenvalue weighted by Crippen LogP contribution is 2.24. The van der Waals surface area contributed by atoms with Crippen LogP contribution < -0.4 is 10.2 Å². The maximum atomic E-state index is 12.6. The van der Waals surface area contributed by atoms with E-state index in [1.165, 1.54) is 6.07 Å². The van der Waals surface area contributed by atoms with Crippen molar-refractivity contribution in [2.75, 3.05) is 44.2 Å². The quantitative estimate of drug-likeness (QED) is 0.657. The smallest absolute Gasteiger partial charge is 0.271 e. The molecule has 0 bridgehead atoms. The molecule has 2 aliphatic heterocycles. The van der Waals surface area contributed by atoms with Gasteiger partial charge < -0.3 is 15.1 Å². The molecule has 8 heteroatoms. The highest BCUT2D eigenvalue weighted by molar-refractivity contribution is 5.85. The molecule has 0 aliphatic carbocycles. The second-order valence-electron chi connectivity index (χ2n) is 6.33. The SMILES string of the molecule is C[C@@H]1CNC[C@H]1C(=O)N1CCN(c2cccc([N+](=O)[O-])c2)CC1.Cl. The average molecular weight is 355 g/mol. The van der Waals surface area contributed by atoms with Crippen molar-refractivity contribution in [3.8, 4) is 0 Å². The number of benzene rings is 1. The van der Waals surface area contributed by atoms with Gasteiger partial charge in [0.05, 0.1) is 10.8 Å². The summed E-state index contributed by atoms with van der Waals surface area (Å²) in [7, 11) is 0. The number of nitro benzene ring substituents is 1. The number of piperazine rings is 1. The zero-order valence-electron chi connectivity index (χ0n) is 13.7. The van der Waals surface area contributed by atoms with E-state index >= 15 is 0 Å². The van der Waals surface area contributed by atoms with E-state index in [9.17, 15) is 14.9 Å². The molecule has 2 saturated heterocycles. The molecule has 0 radical (unpaired) electrons. The number of rotatable bonds is 3. The van der Waals surface area contributed by atoms with Crippen LogP contribution in [0.15, 0.2) is 24.3 Å². The third-order valence-corrected chi connectivity index (χ3v) is 4.83. The highest BCUT2D eigenvalue weighted by Gasteiger charge is 2.34. The minimum atomic E-state index is -0.377. The van der Waals surface area contributed by atoms with Crippen molar-refractivity contribution in [3.05, 3.63) is 34.4 Å². The molecule has 0 spiro atoms. The molecule has 132 valence electrons. The second-order valence-corrected chi connectivity index (χ2v) is 6.33. The van der Waals surface area contributed by atoms with E-state index in [-0.39, 0.29) is 34.8 Å². The number of halogens is 1. The normalized spacial score (nSPS) is 23.7. The van der Waals surface area contributed by atoms with Gasteiger partial charge >= 0.3 is 0 Å². The van der Waals surface area contributed by atoms with Gasteiger partial charge in [0.25, 0.3) is 5.69 Å². The lowest BCUT2D eigenvalue weighted by Crippen LogP contribution is -2.51. The summed E-state index contributed by atoms with van der Waals surface area (Å²) < 4.78 is 0. The summed E-state index contributed by atoms with van der Waals surface area (Å²) in [6, 6.07) is 6.68. The molecule has 2 fully saturated rings. The lowest BCUT2D eigenvalue weighted by atomic mass is 9.96. The number of carbonyl (C=O) groups is 1. The molecular weight excluding hydrogens is 332 g/mol. The molecular formula is C16H23ClN4O3. The molecule has 0 aromatic heterocycles. The van der Waals surface area contributed by atoms with Crippen LogP contribution >= 0.6 is 12.4 Å². The number of nitrogens with one attached hydrogen (secondary N) is 1. The first-order valence-corrected chi connectivity index (χ1v) is 8.05. The lowest BCUT2D eigenvalue weighted by Gasteiger charge is -2.37. The van der Waals surface area contributed by atoms with Gasteiger partial charge in [0.15, 0.2) is 0 Å². The van der Waals surface area contributed by atoms with Crippen LogP contribution in [0.25, 0.3) is 0 Å². The van der Waals surface area contributed by atoms with E-state index in [2.05, 4.69) is 17.1 Å². The lowest BCUT2D eigenvalue weighted by molar-refractivity contribution is -0.384. The van der Waals surface area contributed by atoms with Gasteiger partial charge in [0.2, 0.25) is 5.91 Å². The van der Waals surface area contributed by atoms with Crippen molar-refractivity contribution in [1.82, 2.24) is 10.2 Å². The Morgan fingerprint density at radius 2 is 1.96 bits per heavy atom. The predicted octanol–water partition coefficient (Wildman–Crippen LogP) is 1.52. The Hall–Kier alpha value is -1.86. The summed E-state index contributed by atoms with van der Waals surface area (Å²) in [4.78, 5) is 27.1. The zero-order chi connectivity index (χ0) is 16.4. The van der Waals surface area contributed by atoms with E-state index < -0.39 is 0 Å². The number of non-ortho nitro benzene ring substituents is 1. The van der Waals surface area contributed by atoms with Gasteiger partial charge in [-0.25, -0.2) is 0 Å². The minimum absolute atomic E-state index is 0. The van der Waals surface area contributed by atoms with E-state index in [0.717, 1.165) is 18.8 Å². The summed E-state index contributed by atoms with van der Waals surface area (Å²) in [6.45, 7) is 6.55. The van der Waals surface area contributed by atoms with Crippen LogP contribution in [-0.4, -0.2) is 55.0 Å². The maximum Gasteiger partial charge on any atom is 0.271 e. The van der Waals surface area contributed by atoms with Gasteiger partial charge in [-0.2, -0.15) is 0 Å². The third kappa shape index (κ3) is 3.79. The molecule has 0 unspecified atom stereocenters. The molecule has 2 aliphatic rings. The second kappa shape index (κ2) is 7.81. The van der Waals surface area contributed by atoms with Gasteiger partial charge in [0.1, 0.15) is 0 Å². The Labute approximate surface area is 147 Å². The number of amides is 1. The Balaban J connectivity index is 0.00000208. The minimum Gasteiger partial charge on any atom is -0.368 e. The van der Waals surface area contributed by atoms with Gasteiger partial charge in [-0.05, 0) is 18.5 Å². The van der Waals surface area contributed by atoms with Gasteiger partial charge in [-0.1, -0.05) is 13.0 Å². The van der Waals surface area contributed by atoms with Crippen molar-refractivity contribution < 1.29 is 9.72 Å². The highest BCUT2D eigenvalue weighted by atomic mass is 35.5. The molecule has 2 atom stereocenters. The Morgan fingerprint density at radius 1 is 1.25 bits per heavy atom. The van der Waals surface area contributed by atoms with Gasteiger partial charge in [-0.3, -0.25) is 14.9 Å². The Bertz CT molecular complexity index is 605. The van der Waals surface area contributed by atoms with Crippen LogP contribution in [0, 0.1) is 22.0 Å². The number of carbonyl (C=O) groups excluding carboxylic acids is 1. The van der Waals surface area contributed by atoms with Gasteiger partial charge in [-0.15, -0.1) is 12.4 Å². The number of hydrogen-bond acceptors (Lipinski definition) is 5. The van der Waals surface area contributed by atoms with Crippen molar-refractivity contribution in [2.24, 2.45) is 11.8 Å². The fourth-order valence-corrected chi connectivity index (χ4v) is 3.36. The van der Waals surface area contributed by atoms with Crippen LogP contribution in [0.1, 0.15) is 6.92 Å². The molecule has 24 heavy (non-hydrogen) atoms. The fourth-order valence-electron chi connectivity index (χ4n) is 3.36. The first-order valence-electron chi connectivity index (χ1n) is 8.05. The van der Waals surface area contributed by atoms with Crippen LogP contribution in [0.3, 0.4) is 0 Å². The molecule has 1 N–H and O–H groups in total. The number of anilines is 1. The predicted molar refractivity (Wildman–Crippen MR) is 94.7 cm³/mol. The standard InChI is InChI=1S/C16H22N4O3.ClH/c1-12-10-17-11-15(12)16(21)19-7-5-18(6-8-19)13-3-2-4-14(9-13)20(22)23;/h2-4,9,12,15,17H,5-8,10-11H2,1H3;1H/t12-,15-;/m1./s1. The molecule has 2 heterocycles. The molecule has 7 nitrogen and oxygen atoms in total. The van der Waals surface area contributed by atoms with Crippen LogP contribution in [0.2, 0.25) is 0 Å². The van der Waals surface area contributed by atoms with Gasteiger partial charge in [0, 0.05) is 50.5 Å². The van der Waals surface area contributed by atoms with Crippen LogP contribution in [0.4, 0.5) is 11.4 Å². The molecule has 3 rings (SSSR count). The summed E-state index contributed by atoms with van der Waals surface area (Å²) in [6.07, 6.45) is 0. The van der Waals surface area contributed by atoms with Crippen molar-refractivity contribution >= 4 is 29.7 Å². The monoisotopic (exact) mass is 354 g/mol. The first kappa shape index (κ1) is 18.5. The van der Waals surface area contributed by atoms with E-state index in [1.807, 2.05) is 11.0 Å². The van der Waals surface area contributed by atoms with E-state index in [1.54, 1.807) is 12.1 Å². The number of nitro groups is 1. The summed E-state index contributed by atoms with van der Waals surface area (Å²) in [5.41, 5.74) is 0.953. The molecule has 0 saturated carbocycles. The fraction of sp³-hybridized carbons (Fsp3) is 0.562. The maximum absolute atomic E-state index is 12.6. The van der Waals surface area contributed by atoms with Crippen LogP contribution in [0.5, 0.6) is 0 Å². The zero-order valence-corrected chi connectivity index (χ0v) is 14.5. The topological polar surface area (TPSA) is 78.7 Å². The van der Waals surface area contributed by atoms with E-state index in [0.29, 0.717) is 32.1 Å². The van der Waals surface area contributed by atoms with Crippen molar-refractivity contribution in [3.63, 3.8) is 0 Å². The van der Waals surface area contributed by atoms with Crippen molar-refractivity contribution in [2.45, 2.75) is 6.92 Å². The van der Waals surface area contributed by atoms with Crippen molar-refractivity contribution in [1.29, 1.82) is 0 Å². The average Bonchev–Trinajstić information content (AvgIpc) is 3.00. The van der Waals surface area contributed by atoms with E-state index in [4.69, 9.17) is 0 Å². The summed E-state index contributed by atoms with van der Waals surface area (Å²) in [5, 5.41) is 14.2.